The smallest absolute Gasteiger partial charge is 0.251 e. The van der Waals surface area contributed by atoms with Crippen LogP contribution in [0.15, 0.2) is 70.1 Å². The zero-order chi connectivity index (χ0) is 19.0. The van der Waals surface area contributed by atoms with Gasteiger partial charge in [-0.1, -0.05) is 18.2 Å². The van der Waals surface area contributed by atoms with Gasteiger partial charge in [0, 0.05) is 50.8 Å². The van der Waals surface area contributed by atoms with E-state index in [1.807, 2.05) is 30.3 Å². The van der Waals surface area contributed by atoms with Crippen LogP contribution in [0.1, 0.15) is 6.92 Å². The molecule has 4 aromatic rings. The molecule has 136 valence electrons. The largest absolute Gasteiger partial charge is 0.341 e. The van der Waals surface area contributed by atoms with E-state index in [9.17, 15) is 9.59 Å². The first kappa shape index (κ1) is 17.5. The van der Waals surface area contributed by atoms with E-state index in [2.05, 4.69) is 44.9 Å². The number of aromatic nitrogens is 2. The van der Waals surface area contributed by atoms with Crippen LogP contribution in [0, 0.1) is 0 Å². The van der Waals surface area contributed by atoms with Crippen LogP contribution in [0.25, 0.3) is 21.8 Å². The summed E-state index contributed by atoms with van der Waals surface area (Å²) in [6.45, 7) is 2.96. The number of pyridine rings is 1. The first-order chi connectivity index (χ1) is 13.1. The lowest BCUT2D eigenvalue weighted by molar-refractivity contribution is -0.116. The van der Waals surface area contributed by atoms with E-state index in [1.54, 1.807) is 12.3 Å². The van der Waals surface area contributed by atoms with E-state index in [4.69, 9.17) is 0 Å². The lowest BCUT2D eigenvalue weighted by Crippen LogP contribution is -2.26. The lowest BCUT2D eigenvalue weighted by Gasteiger charge is -2.08. The monoisotopic (exact) mass is 423 g/mol. The second-order valence-electron chi connectivity index (χ2n) is 6.35. The Kier molecular flexibility index (Phi) is 4.58. The van der Waals surface area contributed by atoms with Crippen LogP contribution in [0.2, 0.25) is 0 Å². The molecule has 0 aliphatic heterocycles. The summed E-state index contributed by atoms with van der Waals surface area (Å²) in [4.78, 5) is 24.3. The minimum Gasteiger partial charge on any atom is -0.341 e. The number of anilines is 1. The van der Waals surface area contributed by atoms with Crippen molar-refractivity contribution in [1.29, 1.82) is 0 Å². The van der Waals surface area contributed by atoms with Crippen molar-refractivity contribution in [3.05, 3.63) is 75.6 Å². The van der Waals surface area contributed by atoms with Crippen molar-refractivity contribution in [2.24, 2.45) is 0 Å². The molecule has 27 heavy (non-hydrogen) atoms. The van der Waals surface area contributed by atoms with Crippen molar-refractivity contribution in [3.63, 3.8) is 0 Å². The molecule has 0 unspecified atom stereocenters. The summed E-state index contributed by atoms with van der Waals surface area (Å²) in [5.41, 5.74) is 2.82. The number of para-hydroxylation sites is 1. The van der Waals surface area contributed by atoms with Gasteiger partial charge < -0.3 is 14.5 Å². The number of carbonyl (C=O) groups excluding carboxylic acids is 1. The molecular weight excluding hydrogens is 406 g/mol. The van der Waals surface area contributed by atoms with Crippen molar-refractivity contribution < 1.29 is 4.79 Å². The Labute approximate surface area is 164 Å². The molecule has 4 rings (SSSR count). The predicted octanol–water partition coefficient (Wildman–Crippen LogP) is 4.38. The van der Waals surface area contributed by atoms with Gasteiger partial charge in [-0.15, -0.1) is 0 Å². The van der Waals surface area contributed by atoms with Crippen molar-refractivity contribution in [3.8, 4) is 0 Å². The molecule has 0 bridgehead atoms. The third-order valence-corrected chi connectivity index (χ3v) is 5.10. The van der Waals surface area contributed by atoms with Gasteiger partial charge in [-0.3, -0.25) is 9.59 Å². The molecule has 2 heterocycles. The fraction of sp³-hybridized carbons (Fsp3) is 0.143. The van der Waals surface area contributed by atoms with Crippen LogP contribution < -0.4 is 10.9 Å². The van der Waals surface area contributed by atoms with Crippen molar-refractivity contribution in [2.75, 3.05) is 5.32 Å². The Bertz CT molecular complexity index is 1220. The highest BCUT2D eigenvalue weighted by molar-refractivity contribution is 9.10. The lowest BCUT2D eigenvalue weighted by atomic mass is 10.1. The quantitative estimate of drug-likeness (QED) is 0.529. The van der Waals surface area contributed by atoms with Crippen molar-refractivity contribution in [2.45, 2.75) is 20.0 Å². The second kappa shape index (κ2) is 7.04. The standard InChI is InChI=1S/C21H18BrN3O2/c1-2-25-18-6-4-3-5-16(18)17-11-15(8-9-19(17)25)23-20(26)13-24-12-14(22)7-10-21(24)27/h3-12H,2,13H2,1H3,(H,23,26). The Morgan fingerprint density at radius 2 is 1.81 bits per heavy atom. The maximum atomic E-state index is 12.4. The molecule has 5 nitrogen and oxygen atoms in total. The molecule has 0 fully saturated rings. The fourth-order valence-electron chi connectivity index (χ4n) is 3.45. The summed E-state index contributed by atoms with van der Waals surface area (Å²) in [6.07, 6.45) is 1.61. The van der Waals surface area contributed by atoms with Gasteiger partial charge >= 0.3 is 0 Å². The van der Waals surface area contributed by atoms with E-state index < -0.39 is 0 Å². The maximum Gasteiger partial charge on any atom is 0.251 e. The van der Waals surface area contributed by atoms with Crippen LogP contribution in [0.3, 0.4) is 0 Å². The maximum absolute atomic E-state index is 12.4. The molecule has 6 heteroatoms. The normalized spacial score (nSPS) is 11.2. The van der Waals surface area contributed by atoms with Crippen LogP contribution in [-0.4, -0.2) is 15.0 Å². The zero-order valence-electron chi connectivity index (χ0n) is 14.8. The first-order valence-corrected chi connectivity index (χ1v) is 9.53. The number of hydrogen-bond donors (Lipinski definition) is 1. The highest BCUT2D eigenvalue weighted by Gasteiger charge is 2.11. The Hall–Kier alpha value is -2.86. The Morgan fingerprint density at radius 3 is 2.63 bits per heavy atom. The number of hydrogen-bond acceptors (Lipinski definition) is 2. The Morgan fingerprint density at radius 1 is 1.04 bits per heavy atom. The van der Waals surface area contributed by atoms with Gasteiger partial charge in [-0.05, 0) is 53.2 Å². The summed E-state index contributed by atoms with van der Waals surface area (Å²) in [6, 6.07) is 17.3. The van der Waals surface area contributed by atoms with E-state index in [1.165, 1.54) is 16.2 Å². The van der Waals surface area contributed by atoms with Gasteiger partial charge in [0.15, 0.2) is 0 Å². The highest BCUT2D eigenvalue weighted by atomic mass is 79.9. The SMILES string of the molecule is CCn1c2ccccc2c2cc(NC(=O)Cn3cc(Br)ccc3=O)ccc21. The van der Waals surface area contributed by atoms with E-state index in [0.717, 1.165) is 33.0 Å². The number of amides is 1. The van der Waals surface area contributed by atoms with Gasteiger partial charge in [-0.2, -0.15) is 0 Å². The van der Waals surface area contributed by atoms with Gasteiger partial charge in [0.25, 0.3) is 5.56 Å². The third-order valence-electron chi connectivity index (χ3n) is 4.63. The number of nitrogens with one attached hydrogen (secondary N) is 1. The number of halogens is 1. The minimum absolute atomic E-state index is 0.0347. The topological polar surface area (TPSA) is 56.0 Å². The molecule has 0 spiro atoms. The van der Waals surface area contributed by atoms with Crippen molar-refractivity contribution >= 4 is 49.3 Å². The zero-order valence-corrected chi connectivity index (χ0v) is 16.4. The molecule has 0 atom stereocenters. The molecule has 2 aromatic carbocycles. The summed E-state index contributed by atoms with van der Waals surface area (Å²) < 4.78 is 4.39. The Balaban J connectivity index is 1.66. The number of carbonyl (C=O) groups is 1. The fourth-order valence-corrected chi connectivity index (χ4v) is 3.83. The molecule has 0 aliphatic rings. The second-order valence-corrected chi connectivity index (χ2v) is 7.27. The van der Waals surface area contributed by atoms with E-state index >= 15 is 0 Å². The first-order valence-electron chi connectivity index (χ1n) is 8.73. The summed E-state index contributed by atoms with van der Waals surface area (Å²) in [5, 5.41) is 5.16. The number of fused-ring (bicyclic) bond motifs is 3. The summed E-state index contributed by atoms with van der Waals surface area (Å²) in [5.74, 6) is -0.242. The summed E-state index contributed by atoms with van der Waals surface area (Å²) in [7, 11) is 0. The average Bonchev–Trinajstić information content (AvgIpc) is 2.98. The molecule has 1 amide bonds. The number of rotatable bonds is 4. The molecule has 0 saturated heterocycles. The average molecular weight is 424 g/mol. The molecule has 0 aliphatic carbocycles. The van der Waals surface area contributed by atoms with E-state index in [0.29, 0.717) is 0 Å². The molecular formula is C21H18BrN3O2. The van der Waals surface area contributed by atoms with Crippen LogP contribution in [0.4, 0.5) is 5.69 Å². The summed E-state index contributed by atoms with van der Waals surface area (Å²) >= 11 is 3.32. The number of nitrogens with zero attached hydrogens (tertiary/aromatic N) is 2. The van der Waals surface area contributed by atoms with Crippen molar-refractivity contribution in [1.82, 2.24) is 9.13 Å². The van der Waals surface area contributed by atoms with Crippen LogP contribution >= 0.6 is 15.9 Å². The highest BCUT2D eigenvalue weighted by Crippen LogP contribution is 2.30. The van der Waals surface area contributed by atoms with Gasteiger partial charge in [-0.25, -0.2) is 0 Å². The van der Waals surface area contributed by atoms with Gasteiger partial charge in [0.2, 0.25) is 5.91 Å². The minimum atomic E-state index is -0.242. The number of aryl methyl sites for hydroxylation is 1. The third kappa shape index (κ3) is 3.28. The molecule has 2 aromatic heterocycles. The molecule has 0 radical (unpaired) electrons. The van der Waals surface area contributed by atoms with E-state index in [-0.39, 0.29) is 18.0 Å². The van der Waals surface area contributed by atoms with Gasteiger partial charge in [0.1, 0.15) is 6.54 Å². The predicted molar refractivity (Wildman–Crippen MR) is 112 cm³/mol. The van der Waals surface area contributed by atoms with Gasteiger partial charge in [0.05, 0.1) is 0 Å². The number of benzene rings is 2. The molecule has 1 N–H and O–H groups in total. The van der Waals surface area contributed by atoms with Crippen LogP contribution in [0.5, 0.6) is 0 Å². The molecule has 0 saturated carbocycles. The van der Waals surface area contributed by atoms with Crippen LogP contribution in [-0.2, 0) is 17.9 Å².